The maximum Gasteiger partial charge on any atom is 0.250 e. The number of ether oxygens (including phenoxy) is 1. The predicted molar refractivity (Wildman–Crippen MR) is 80.9 cm³/mol. The molecule has 0 spiro atoms. The van der Waals surface area contributed by atoms with Gasteiger partial charge in [0.15, 0.2) is 0 Å². The highest BCUT2D eigenvalue weighted by atomic mass is 16.5. The maximum atomic E-state index is 11.8. The molecule has 1 saturated heterocycles. The van der Waals surface area contributed by atoms with E-state index in [2.05, 4.69) is 29.7 Å². The molecule has 0 unspecified atom stereocenters. The van der Waals surface area contributed by atoms with E-state index in [1.54, 1.807) is 0 Å². The van der Waals surface area contributed by atoms with E-state index in [0.717, 1.165) is 44.5 Å². The van der Waals surface area contributed by atoms with Crippen LogP contribution in [0.1, 0.15) is 31.7 Å². The number of carbonyl (C=O) groups excluding carboxylic acids is 1. The first-order chi connectivity index (χ1) is 9.78. The third-order valence-electron chi connectivity index (χ3n) is 3.51. The second kappa shape index (κ2) is 8.02. The fraction of sp³-hybridized carbons (Fsp3) is 0.562. The van der Waals surface area contributed by atoms with Crippen LogP contribution in [0.2, 0.25) is 0 Å². The van der Waals surface area contributed by atoms with Gasteiger partial charge < -0.3 is 15.4 Å². The minimum absolute atomic E-state index is 0.0771. The fourth-order valence-electron chi connectivity index (χ4n) is 2.40. The van der Waals surface area contributed by atoms with Crippen LogP contribution in [-0.4, -0.2) is 31.7 Å². The zero-order valence-electron chi connectivity index (χ0n) is 12.2. The summed E-state index contributed by atoms with van der Waals surface area (Å²) in [7, 11) is 0. The zero-order chi connectivity index (χ0) is 14.2. The van der Waals surface area contributed by atoms with Gasteiger partial charge in [-0.2, -0.15) is 0 Å². The summed E-state index contributed by atoms with van der Waals surface area (Å²) in [5.41, 5.74) is 2.14. The molecule has 0 aliphatic carbocycles. The maximum absolute atomic E-state index is 11.8. The normalized spacial score (nSPS) is 16.1. The predicted octanol–water partition coefficient (Wildman–Crippen LogP) is 2.35. The van der Waals surface area contributed by atoms with E-state index in [4.69, 9.17) is 4.74 Å². The highest BCUT2D eigenvalue weighted by Gasteiger charge is 2.14. The number of aryl methyl sites for hydroxylation is 1. The molecule has 2 N–H and O–H groups in total. The lowest BCUT2D eigenvalue weighted by atomic mass is 10.1. The smallest absolute Gasteiger partial charge is 0.250 e. The summed E-state index contributed by atoms with van der Waals surface area (Å²) in [5.74, 6) is -0.0771. The van der Waals surface area contributed by atoms with Gasteiger partial charge in [0, 0.05) is 5.69 Å². The Bertz CT molecular complexity index is 411. The summed E-state index contributed by atoms with van der Waals surface area (Å²) in [6.07, 6.45) is 4.40. The van der Waals surface area contributed by atoms with Crippen molar-refractivity contribution in [2.24, 2.45) is 0 Å². The van der Waals surface area contributed by atoms with Crippen molar-refractivity contribution in [3.05, 3.63) is 29.8 Å². The first-order valence-corrected chi connectivity index (χ1v) is 7.49. The number of piperidine rings is 1. The average Bonchev–Trinajstić information content (AvgIpc) is 2.49. The minimum atomic E-state index is -0.0771. The van der Waals surface area contributed by atoms with Crippen LogP contribution in [0.4, 0.5) is 5.69 Å². The quantitative estimate of drug-likeness (QED) is 0.838. The highest BCUT2D eigenvalue weighted by molar-refractivity contribution is 5.91. The van der Waals surface area contributed by atoms with E-state index < -0.39 is 0 Å². The number of carbonyl (C=O) groups is 1. The molecule has 1 fully saturated rings. The van der Waals surface area contributed by atoms with Crippen molar-refractivity contribution < 1.29 is 9.53 Å². The lowest BCUT2D eigenvalue weighted by Gasteiger charge is -2.22. The van der Waals surface area contributed by atoms with Crippen LogP contribution in [-0.2, 0) is 16.0 Å². The summed E-state index contributed by atoms with van der Waals surface area (Å²) < 4.78 is 5.63. The van der Waals surface area contributed by atoms with Crippen molar-refractivity contribution in [3.8, 4) is 0 Å². The molecule has 1 aliphatic heterocycles. The average molecular weight is 276 g/mol. The molecule has 0 aromatic heterocycles. The number of nitrogens with one attached hydrogen (secondary N) is 2. The molecular formula is C16H24N2O2. The Kier molecular flexibility index (Phi) is 6.02. The molecule has 0 radical (unpaired) electrons. The van der Waals surface area contributed by atoms with E-state index in [-0.39, 0.29) is 18.6 Å². The van der Waals surface area contributed by atoms with Crippen molar-refractivity contribution >= 4 is 11.6 Å². The molecule has 20 heavy (non-hydrogen) atoms. The minimum Gasteiger partial charge on any atom is -0.368 e. The van der Waals surface area contributed by atoms with E-state index in [1.807, 2.05) is 12.1 Å². The molecule has 1 heterocycles. The summed E-state index contributed by atoms with van der Waals surface area (Å²) >= 11 is 0. The summed E-state index contributed by atoms with van der Waals surface area (Å²) in [6.45, 7) is 4.26. The Morgan fingerprint density at radius 3 is 2.65 bits per heavy atom. The number of amides is 1. The van der Waals surface area contributed by atoms with Gasteiger partial charge in [0.2, 0.25) is 5.91 Å². The van der Waals surface area contributed by atoms with Crippen LogP contribution in [0.25, 0.3) is 0 Å². The third-order valence-corrected chi connectivity index (χ3v) is 3.51. The molecule has 2 rings (SSSR count). The molecule has 0 saturated carbocycles. The van der Waals surface area contributed by atoms with Crippen LogP contribution < -0.4 is 10.6 Å². The fourth-order valence-corrected chi connectivity index (χ4v) is 2.40. The highest BCUT2D eigenvalue weighted by Crippen LogP contribution is 2.11. The van der Waals surface area contributed by atoms with Gasteiger partial charge in [-0.15, -0.1) is 0 Å². The molecular weight excluding hydrogens is 252 g/mol. The summed E-state index contributed by atoms with van der Waals surface area (Å²) in [4.78, 5) is 11.8. The second-order valence-electron chi connectivity index (χ2n) is 5.26. The monoisotopic (exact) mass is 276 g/mol. The lowest BCUT2D eigenvalue weighted by molar-refractivity contribution is -0.123. The lowest BCUT2D eigenvalue weighted by Crippen LogP contribution is -2.34. The summed E-state index contributed by atoms with van der Waals surface area (Å²) in [6, 6.07) is 8.03. The van der Waals surface area contributed by atoms with E-state index in [0.29, 0.717) is 0 Å². The first-order valence-electron chi connectivity index (χ1n) is 7.49. The molecule has 1 aromatic rings. The molecule has 0 bridgehead atoms. The Labute approximate surface area is 120 Å². The standard InChI is InChI=1S/C16H24N2O2/c1-2-3-13-4-6-14(7-5-13)18-16(19)12-20-15-8-10-17-11-9-15/h4-7,15,17H,2-3,8-12H2,1H3,(H,18,19). The van der Waals surface area contributed by atoms with Crippen molar-refractivity contribution in [1.29, 1.82) is 0 Å². The molecule has 1 aromatic carbocycles. The molecule has 1 aliphatic rings. The number of benzene rings is 1. The topological polar surface area (TPSA) is 50.4 Å². The summed E-state index contributed by atoms with van der Waals surface area (Å²) in [5, 5.41) is 6.15. The molecule has 1 amide bonds. The van der Waals surface area contributed by atoms with Gasteiger partial charge in [0.05, 0.1) is 6.10 Å². The van der Waals surface area contributed by atoms with Crippen LogP contribution in [0.3, 0.4) is 0 Å². The van der Waals surface area contributed by atoms with Gasteiger partial charge in [-0.05, 0) is 50.0 Å². The zero-order valence-corrected chi connectivity index (χ0v) is 12.2. The van der Waals surface area contributed by atoms with Gasteiger partial charge >= 0.3 is 0 Å². The number of rotatable bonds is 6. The van der Waals surface area contributed by atoms with Crippen molar-refractivity contribution in [1.82, 2.24) is 5.32 Å². The molecule has 0 atom stereocenters. The molecule has 4 heteroatoms. The van der Waals surface area contributed by atoms with Crippen molar-refractivity contribution in [2.45, 2.75) is 38.7 Å². The number of anilines is 1. The Morgan fingerprint density at radius 1 is 1.30 bits per heavy atom. The Balaban J connectivity index is 1.73. The van der Waals surface area contributed by atoms with Gasteiger partial charge in [0.1, 0.15) is 6.61 Å². The van der Waals surface area contributed by atoms with Crippen molar-refractivity contribution in [2.75, 3.05) is 25.0 Å². The van der Waals surface area contributed by atoms with E-state index in [1.165, 1.54) is 5.56 Å². The first kappa shape index (κ1) is 15.0. The van der Waals surface area contributed by atoms with Crippen LogP contribution in [0.5, 0.6) is 0 Å². The molecule has 110 valence electrons. The van der Waals surface area contributed by atoms with Gasteiger partial charge in [-0.3, -0.25) is 4.79 Å². The Hall–Kier alpha value is -1.39. The molecule has 4 nitrogen and oxygen atoms in total. The number of hydrogen-bond acceptors (Lipinski definition) is 3. The SMILES string of the molecule is CCCc1ccc(NC(=O)COC2CCNCC2)cc1. The van der Waals surface area contributed by atoms with E-state index in [9.17, 15) is 4.79 Å². The largest absolute Gasteiger partial charge is 0.368 e. The van der Waals surface area contributed by atoms with Crippen LogP contribution in [0.15, 0.2) is 24.3 Å². The van der Waals surface area contributed by atoms with Gasteiger partial charge in [-0.25, -0.2) is 0 Å². The number of hydrogen-bond donors (Lipinski definition) is 2. The van der Waals surface area contributed by atoms with Crippen LogP contribution in [0, 0.1) is 0 Å². The third kappa shape index (κ3) is 4.94. The Morgan fingerprint density at radius 2 is 2.00 bits per heavy atom. The van der Waals surface area contributed by atoms with Crippen molar-refractivity contribution in [3.63, 3.8) is 0 Å². The second-order valence-corrected chi connectivity index (χ2v) is 5.26. The van der Waals surface area contributed by atoms with Gasteiger partial charge in [-0.1, -0.05) is 25.5 Å². The van der Waals surface area contributed by atoms with Crippen LogP contribution >= 0.6 is 0 Å². The van der Waals surface area contributed by atoms with E-state index >= 15 is 0 Å². The van der Waals surface area contributed by atoms with Gasteiger partial charge in [0.25, 0.3) is 0 Å².